The number of benzene rings is 2. The number of amides is 1. The fourth-order valence-electron chi connectivity index (χ4n) is 2.36. The second-order valence-electron chi connectivity index (χ2n) is 5.34. The number of nitrogens with one attached hydrogen (secondary N) is 3. The summed E-state index contributed by atoms with van der Waals surface area (Å²) in [6.07, 6.45) is -0.0470. The molecule has 1 aliphatic rings. The van der Waals surface area contributed by atoms with Crippen molar-refractivity contribution in [1.29, 1.82) is 0 Å². The van der Waals surface area contributed by atoms with Gasteiger partial charge in [-0.3, -0.25) is 15.6 Å². The monoisotopic (exact) mass is 345 g/mol. The van der Waals surface area contributed by atoms with Gasteiger partial charge in [0.05, 0.1) is 0 Å². The normalized spacial score (nSPS) is 15.1. The smallest absolute Gasteiger partial charge is 0.279 e. The lowest BCUT2D eigenvalue weighted by Gasteiger charge is -2.14. The van der Waals surface area contributed by atoms with Gasteiger partial charge in [0.15, 0.2) is 11.2 Å². The summed E-state index contributed by atoms with van der Waals surface area (Å²) in [4.78, 5) is 12.1. The van der Waals surface area contributed by atoms with Crippen molar-refractivity contribution in [3.05, 3.63) is 65.5 Å². The number of thiocarbonyl (C=S) groups is 1. The lowest BCUT2D eigenvalue weighted by Crippen LogP contribution is -2.50. The average Bonchev–Trinajstić information content (AvgIpc) is 3.03. The highest BCUT2D eigenvalue weighted by Gasteiger charge is 2.28. The molecule has 0 saturated carbocycles. The van der Waals surface area contributed by atoms with Crippen LogP contribution in [0.15, 0.2) is 48.5 Å². The molecule has 1 heterocycles. The van der Waals surface area contributed by atoms with Crippen molar-refractivity contribution in [1.82, 2.24) is 16.2 Å². The Hall–Kier alpha value is -2.67. The van der Waals surface area contributed by atoms with Gasteiger partial charge in [0.25, 0.3) is 5.91 Å². The first kappa shape index (κ1) is 16.2. The van der Waals surface area contributed by atoms with Gasteiger partial charge in [-0.25, -0.2) is 4.39 Å². The first-order valence-corrected chi connectivity index (χ1v) is 7.85. The number of fused-ring (bicyclic) bond motifs is 1. The van der Waals surface area contributed by atoms with Gasteiger partial charge in [0.1, 0.15) is 11.6 Å². The van der Waals surface area contributed by atoms with E-state index in [1.54, 1.807) is 12.1 Å². The predicted octanol–water partition coefficient (Wildman–Crippen LogP) is 1.82. The summed E-state index contributed by atoms with van der Waals surface area (Å²) in [5.41, 5.74) is 7.05. The van der Waals surface area contributed by atoms with Crippen molar-refractivity contribution in [3.8, 4) is 5.75 Å². The Labute approximate surface area is 144 Å². The number of halogens is 1. The predicted molar refractivity (Wildman–Crippen MR) is 91.7 cm³/mol. The van der Waals surface area contributed by atoms with Crippen LogP contribution in [0.3, 0.4) is 0 Å². The van der Waals surface area contributed by atoms with Crippen molar-refractivity contribution in [2.24, 2.45) is 0 Å². The van der Waals surface area contributed by atoms with Crippen molar-refractivity contribution in [2.45, 2.75) is 19.1 Å². The lowest BCUT2D eigenvalue weighted by molar-refractivity contribution is -0.127. The molecule has 2 aromatic rings. The summed E-state index contributed by atoms with van der Waals surface area (Å²) in [5, 5.41) is 3.19. The fraction of sp³-hybridized carbons (Fsp3) is 0.176. The molecule has 5 nitrogen and oxygen atoms in total. The summed E-state index contributed by atoms with van der Waals surface area (Å²) in [7, 11) is 0. The number of hydrogen-bond donors (Lipinski definition) is 3. The molecule has 124 valence electrons. The summed E-state index contributed by atoms with van der Waals surface area (Å²) >= 11 is 5.09. The molecule has 7 heteroatoms. The number of ether oxygens (including phenoxy) is 1. The molecule has 1 atom stereocenters. The minimum absolute atomic E-state index is 0.267. The third kappa shape index (κ3) is 3.99. The van der Waals surface area contributed by atoms with Crippen LogP contribution in [0, 0.1) is 5.82 Å². The molecule has 1 aliphatic heterocycles. The first-order chi connectivity index (χ1) is 11.6. The van der Waals surface area contributed by atoms with Gasteiger partial charge in [0.2, 0.25) is 0 Å². The Morgan fingerprint density at radius 3 is 2.67 bits per heavy atom. The highest BCUT2D eigenvalue weighted by atomic mass is 32.1. The molecule has 0 fully saturated rings. The molecule has 3 rings (SSSR count). The van der Waals surface area contributed by atoms with Crippen molar-refractivity contribution < 1.29 is 13.9 Å². The van der Waals surface area contributed by atoms with E-state index < -0.39 is 6.10 Å². The fourth-order valence-corrected chi connectivity index (χ4v) is 2.48. The Bertz CT molecular complexity index is 727. The van der Waals surface area contributed by atoms with Gasteiger partial charge < -0.3 is 10.1 Å². The Kier molecular flexibility index (Phi) is 4.90. The number of hydrogen-bond acceptors (Lipinski definition) is 3. The molecule has 0 bridgehead atoms. The van der Waals surface area contributed by atoms with E-state index in [1.165, 1.54) is 12.1 Å². The molecule has 2 aromatic carbocycles. The minimum atomic E-state index is -0.574. The number of para-hydroxylation sites is 1. The van der Waals surface area contributed by atoms with Crippen LogP contribution >= 0.6 is 12.2 Å². The molecule has 0 aromatic heterocycles. The van der Waals surface area contributed by atoms with Crippen LogP contribution in [0.25, 0.3) is 0 Å². The highest BCUT2D eigenvalue weighted by Crippen LogP contribution is 2.27. The summed E-state index contributed by atoms with van der Waals surface area (Å²) < 4.78 is 18.4. The largest absolute Gasteiger partial charge is 0.480 e. The van der Waals surface area contributed by atoms with Crippen LogP contribution in [0.2, 0.25) is 0 Å². The minimum Gasteiger partial charge on any atom is -0.480 e. The van der Waals surface area contributed by atoms with E-state index in [4.69, 9.17) is 17.0 Å². The summed E-state index contributed by atoms with van der Waals surface area (Å²) in [6.45, 7) is 0.424. The van der Waals surface area contributed by atoms with Crippen LogP contribution < -0.4 is 20.9 Å². The van der Waals surface area contributed by atoms with E-state index >= 15 is 0 Å². The number of hydrazine groups is 1. The second-order valence-corrected chi connectivity index (χ2v) is 5.75. The Balaban J connectivity index is 1.42. The quantitative estimate of drug-likeness (QED) is 0.585. The number of rotatable bonds is 3. The van der Waals surface area contributed by atoms with E-state index in [9.17, 15) is 9.18 Å². The molecule has 0 spiro atoms. The molecule has 3 N–H and O–H groups in total. The van der Waals surface area contributed by atoms with Gasteiger partial charge in [0, 0.05) is 13.0 Å². The van der Waals surface area contributed by atoms with Gasteiger partial charge in [-0.05, 0) is 41.5 Å². The zero-order chi connectivity index (χ0) is 16.9. The van der Waals surface area contributed by atoms with Crippen LogP contribution in [0.4, 0.5) is 4.39 Å². The molecule has 0 unspecified atom stereocenters. The maximum Gasteiger partial charge on any atom is 0.279 e. The van der Waals surface area contributed by atoms with Crippen molar-refractivity contribution >= 4 is 23.2 Å². The van der Waals surface area contributed by atoms with E-state index in [-0.39, 0.29) is 16.8 Å². The lowest BCUT2D eigenvalue weighted by atomic mass is 10.1. The number of carbonyl (C=O) groups is 1. The third-order valence-corrected chi connectivity index (χ3v) is 3.85. The maximum absolute atomic E-state index is 12.8. The van der Waals surface area contributed by atoms with Crippen LogP contribution in [0.1, 0.15) is 11.1 Å². The van der Waals surface area contributed by atoms with E-state index in [0.29, 0.717) is 13.0 Å². The Morgan fingerprint density at radius 2 is 1.92 bits per heavy atom. The second kappa shape index (κ2) is 7.27. The molecule has 0 radical (unpaired) electrons. The van der Waals surface area contributed by atoms with E-state index in [0.717, 1.165) is 16.9 Å². The number of carbonyl (C=O) groups excluding carboxylic acids is 1. The summed E-state index contributed by atoms with van der Waals surface area (Å²) in [6, 6.07) is 13.6. The van der Waals surface area contributed by atoms with Gasteiger partial charge in [-0.1, -0.05) is 30.3 Å². The van der Waals surface area contributed by atoms with Gasteiger partial charge in [-0.2, -0.15) is 0 Å². The maximum atomic E-state index is 12.8. The molecule has 24 heavy (non-hydrogen) atoms. The van der Waals surface area contributed by atoms with E-state index in [2.05, 4.69) is 16.2 Å². The van der Waals surface area contributed by atoms with Crippen molar-refractivity contribution in [3.63, 3.8) is 0 Å². The van der Waals surface area contributed by atoms with Crippen LogP contribution in [-0.4, -0.2) is 17.1 Å². The Morgan fingerprint density at radius 1 is 1.17 bits per heavy atom. The third-order valence-electron chi connectivity index (χ3n) is 3.61. The zero-order valence-corrected chi connectivity index (χ0v) is 13.5. The standard InChI is InChI=1S/C17H16FN3O2S/c18-13-7-5-11(6-8-13)10-19-17(24)21-20-16(22)15-9-12-3-1-2-4-14(12)23-15/h1-8,15H,9-10H2,(H,20,22)(H2,19,21,24)/t15-/m1/s1. The highest BCUT2D eigenvalue weighted by molar-refractivity contribution is 7.80. The van der Waals surface area contributed by atoms with Crippen molar-refractivity contribution in [2.75, 3.05) is 0 Å². The topological polar surface area (TPSA) is 62.4 Å². The molecule has 0 aliphatic carbocycles. The van der Waals surface area contributed by atoms with Crippen LogP contribution in [0.5, 0.6) is 5.75 Å². The first-order valence-electron chi connectivity index (χ1n) is 7.44. The molecular weight excluding hydrogens is 329 g/mol. The van der Waals surface area contributed by atoms with E-state index in [1.807, 2.05) is 24.3 Å². The SMILES string of the molecule is O=C(NNC(=S)NCc1ccc(F)cc1)[C@H]1Cc2ccccc2O1. The van der Waals surface area contributed by atoms with Gasteiger partial charge in [-0.15, -0.1) is 0 Å². The van der Waals surface area contributed by atoms with Gasteiger partial charge >= 0.3 is 0 Å². The average molecular weight is 345 g/mol. The molecular formula is C17H16FN3O2S. The molecule has 0 saturated heterocycles. The summed E-state index contributed by atoms with van der Waals surface area (Å²) in [5.74, 6) is 0.149. The zero-order valence-electron chi connectivity index (χ0n) is 12.7. The van der Waals surface area contributed by atoms with Crippen LogP contribution in [-0.2, 0) is 17.8 Å². The molecule has 1 amide bonds.